The summed E-state index contributed by atoms with van der Waals surface area (Å²) in [4.78, 5) is 15.4. The summed E-state index contributed by atoms with van der Waals surface area (Å²) in [7, 11) is 0. The molecule has 0 unspecified atom stereocenters. The van der Waals surface area contributed by atoms with Crippen LogP contribution in [0, 0.1) is 11.6 Å². The van der Waals surface area contributed by atoms with Gasteiger partial charge in [0.2, 0.25) is 5.91 Å². The number of anilines is 1. The molecule has 0 aliphatic heterocycles. The summed E-state index contributed by atoms with van der Waals surface area (Å²) in [5, 5.41) is 4.31. The zero-order valence-electron chi connectivity index (χ0n) is 14.9. The Balaban J connectivity index is 1.80. The van der Waals surface area contributed by atoms with Crippen LogP contribution in [0.15, 0.2) is 41.8 Å². The Labute approximate surface area is 179 Å². The number of rotatable bonds is 6. The molecule has 0 atom stereocenters. The summed E-state index contributed by atoms with van der Waals surface area (Å²) in [5.41, 5.74) is -0.886. The maximum atomic E-state index is 14.4. The Bertz CT molecular complexity index is 1050. The van der Waals surface area contributed by atoms with E-state index in [2.05, 4.69) is 26.2 Å². The molecule has 4 nitrogen and oxygen atoms in total. The molecule has 1 aromatic heterocycles. The van der Waals surface area contributed by atoms with E-state index < -0.39 is 35.7 Å². The molecule has 1 amide bonds. The molecule has 1 heterocycles. The lowest BCUT2D eigenvalue weighted by Gasteiger charge is -2.14. The average Bonchev–Trinajstić information content (AvgIpc) is 3.15. The first-order chi connectivity index (χ1) is 14.2. The van der Waals surface area contributed by atoms with Crippen LogP contribution in [0.4, 0.5) is 27.1 Å². The Hall–Kier alpha value is -2.53. The van der Waals surface area contributed by atoms with Crippen LogP contribution in [0.5, 0.6) is 5.75 Å². The van der Waals surface area contributed by atoms with Crippen molar-refractivity contribution in [1.82, 2.24) is 4.98 Å². The molecule has 1 N–H and O–H groups in total. The van der Waals surface area contributed by atoms with Crippen LogP contribution >= 0.6 is 27.3 Å². The number of alkyl halides is 4. The minimum absolute atomic E-state index is 0.0642. The van der Waals surface area contributed by atoms with Gasteiger partial charge in [0.1, 0.15) is 6.61 Å². The van der Waals surface area contributed by atoms with Crippen LogP contribution in [-0.4, -0.2) is 16.2 Å². The lowest BCUT2D eigenvalue weighted by Crippen LogP contribution is -2.11. The number of thiazole rings is 1. The van der Waals surface area contributed by atoms with Gasteiger partial charge >= 0.3 is 6.18 Å². The van der Waals surface area contributed by atoms with Gasteiger partial charge in [0.25, 0.3) is 0 Å². The van der Waals surface area contributed by atoms with Gasteiger partial charge in [0.15, 0.2) is 22.5 Å². The van der Waals surface area contributed by atoms with E-state index in [1.54, 1.807) is 0 Å². The lowest BCUT2D eigenvalue weighted by molar-refractivity contribution is -0.138. The maximum absolute atomic E-state index is 14.4. The summed E-state index contributed by atoms with van der Waals surface area (Å²) >= 11 is 4.06. The van der Waals surface area contributed by atoms with Crippen molar-refractivity contribution in [1.29, 1.82) is 0 Å². The number of nitrogens with one attached hydrogen (secondary N) is 1. The largest absolute Gasteiger partial charge is 0.483 e. The molecule has 0 aliphatic rings. The second kappa shape index (κ2) is 9.09. The van der Waals surface area contributed by atoms with E-state index in [1.807, 2.05) is 0 Å². The van der Waals surface area contributed by atoms with Crippen molar-refractivity contribution in [2.24, 2.45) is 0 Å². The third kappa shape index (κ3) is 5.14. The molecule has 0 spiro atoms. The summed E-state index contributed by atoms with van der Waals surface area (Å²) < 4.78 is 73.0. The van der Waals surface area contributed by atoms with Gasteiger partial charge in [-0.05, 0) is 18.2 Å². The first kappa shape index (κ1) is 22.2. The zero-order valence-corrected chi connectivity index (χ0v) is 17.3. The predicted molar refractivity (Wildman–Crippen MR) is 106 cm³/mol. The summed E-state index contributed by atoms with van der Waals surface area (Å²) in [6, 6.07) is 6.54. The van der Waals surface area contributed by atoms with Crippen LogP contribution in [0.1, 0.15) is 11.1 Å². The number of ether oxygens (including phenoxy) is 1. The molecule has 11 heteroatoms. The Morgan fingerprint density at radius 2 is 1.83 bits per heavy atom. The number of aromatic nitrogens is 1. The fraction of sp³-hybridized carbons (Fsp3) is 0.158. The SMILES string of the molecule is O=C(CBr)Nc1nc(-c2cc(F)c(OCc3ccccc3C(F)(F)F)c(F)c2)cs1. The Kier molecular flexibility index (Phi) is 6.71. The molecule has 30 heavy (non-hydrogen) atoms. The van der Waals surface area contributed by atoms with E-state index in [0.717, 1.165) is 29.5 Å². The van der Waals surface area contributed by atoms with Crippen molar-refractivity contribution in [3.8, 4) is 17.0 Å². The van der Waals surface area contributed by atoms with Crippen molar-refractivity contribution >= 4 is 38.3 Å². The normalized spacial score (nSPS) is 11.4. The highest BCUT2D eigenvalue weighted by molar-refractivity contribution is 9.09. The van der Waals surface area contributed by atoms with E-state index in [9.17, 15) is 26.7 Å². The number of nitrogens with zero attached hydrogens (tertiary/aromatic N) is 1. The summed E-state index contributed by atoms with van der Waals surface area (Å²) in [5.74, 6) is -3.31. The van der Waals surface area contributed by atoms with E-state index in [-0.39, 0.29) is 33.2 Å². The maximum Gasteiger partial charge on any atom is 0.416 e. The van der Waals surface area contributed by atoms with Gasteiger partial charge in [0, 0.05) is 16.5 Å². The fourth-order valence-corrected chi connectivity index (χ4v) is 3.41. The lowest BCUT2D eigenvalue weighted by atomic mass is 10.1. The number of benzene rings is 2. The topological polar surface area (TPSA) is 51.2 Å². The molecule has 2 aromatic carbocycles. The minimum atomic E-state index is -4.62. The Morgan fingerprint density at radius 1 is 1.17 bits per heavy atom. The highest BCUT2D eigenvalue weighted by atomic mass is 79.9. The van der Waals surface area contributed by atoms with Crippen LogP contribution in [0.3, 0.4) is 0 Å². The van der Waals surface area contributed by atoms with Gasteiger partial charge in [-0.1, -0.05) is 34.1 Å². The summed E-state index contributed by atoms with van der Waals surface area (Å²) in [6.07, 6.45) is -4.62. The standard InChI is InChI=1S/C19H12BrF5N2O2S/c20-7-16(28)27-18-26-15(9-30-18)11-5-13(21)17(14(22)6-11)29-8-10-3-1-2-4-12(10)19(23,24)25/h1-6,9H,7-8H2,(H,26,27,28). The molecule has 0 radical (unpaired) electrons. The summed E-state index contributed by atoms with van der Waals surface area (Å²) in [6.45, 7) is -0.664. The van der Waals surface area contributed by atoms with Crippen molar-refractivity contribution in [2.45, 2.75) is 12.8 Å². The minimum Gasteiger partial charge on any atom is -0.483 e. The second-order valence-corrected chi connectivity index (χ2v) is 7.35. The van der Waals surface area contributed by atoms with Crippen molar-refractivity contribution in [3.05, 3.63) is 64.5 Å². The van der Waals surface area contributed by atoms with Crippen molar-refractivity contribution in [3.63, 3.8) is 0 Å². The smallest absolute Gasteiger partial charge is 0.416 e. The predicted octanol–water partition coefficient (Wildman–Crippen LogP) is 6.02. The molecule has 3 aromatic rings. The molecule has 0 saturated carbocycles. The van der Waals surface area contributed by atoms with Crippen LogP contribution < -0.4 is 10.1 Å². The highest BCUT2D eigenvalue weighted by Crippen LogP contribution is 2.34. The van der Waals surface area contributed by atoms with Crippen LogP contribution in [0.2, 0.25) is 0 Å². The number of carbonyl (C=O) groups excluding carboxylic acids is 1. The first-order valence-electron chi connectivity index (χ1n) is 8.27. The van der Waals surface area contributed by atoms with Crippen LogP contribution in [0.25, 0.3) is 11.3 Å². The molecule has 0 saturated heterocycles. The number of halogens is 6. The number of amides is 1. The van der Waals surface area contributed by atoms with Gasteiger partial charge < -0.3 is 10.1 Å². The molecule has 3 rings (SSSR count). The fourth-order valence-electron chi connectivity index (χ4n) is 2.53. The molecular formula is C19H12BrF5N2O2S. The van der Waals surface area contributed by atoms with Gasteiger partial charge in [-0.15, -0.1) is 11.3 Å². The highest BCUT2D eigenvalue weighted by Gasteiger charge is 2.33. The van der Waals surface area contributed by atoms with Crippen molar-refractivity contribution < 1.29 is 31.5 Å². The Morgan fingerprint density at radius 3 is 2.47 bits per heavy atom. The third-order valence-corrected chi connectivity index (χ3v) is 5.13. The van der Waals surface area contributed by atoms with E-state index in [4.69, 9.17) is 4.74 Å². The van der Waals surface area contributed by atoms with Gasteiger partial charge in [0.05, 0.1) is 16.6 Å². The molecule has 0 aliphatic carbocycles. The quantitative estimate of drug-likeness (QED) is 0.328. The second-order valence-electron chi connectivity index (χ2n) is 5.93. The molecule has 158 valence electrons. The first-order valence-corrected chi connectivity index (χ1v) is 10.3. The number of hydrogen-bond donors (Lipinski definition) is 1. The number of hydrogen-bond acceptors (Lipinski definition) is 4. The monoisotopic (exact) mass is 506 g/mol. The van der Waals surface area contributed by atoms with Crippen molar-refractivity contribution in [2.75, 3.05) is 10.6 Å². The average molecular weight is 507 g/mol. The van der Waals surface area contributed by atoms with Gasteiger partial charge in [-0.3, -0.25) is 4.79 Å². The molecule has 0 bridgehead atoms. The van der Waals surface area contributed by atoms with Gasteiger partial charge in [-0.25, -0.2) is 13.8 Å². The molecular weight excluding hydrogens is 495 g/mol. The van der Waals surface area contributed by atoms with E-state index in [1.165, 1.54) is 23.6 Å². The number of carbonyl (C=O) groups is 1. The zero-order chi connectivity index (χ0) is 21.9. The third-order valence-electron chi connectivity index (χ3n) is 3.86. The van der Waals surface area contributed by atoms with E-state index in [0.29, 0.717) is 0 Å². The van der Waals surface area contributed by atoms with Crippen LogP contribution in [-0.2, 0) is 17.6 Å². The van der Waals surface area contributed by atoms with E-state index >= 15 is 0 Å². The van der Waals surface area contributed by atoms with Gasteiger partial charge in [-0.2, -0.15) is 13.2 Å². The molecule has 0 fully saturated rings.